The van der Waals surface area contributed by atoms with Crippen LogP contribution in [0.25, 0.3) is 5.69 Å². The highest BCUT2D eigenvalue weighted by Crippen LogP contribution is 2.37. The van der Waals surface area contributed by atoms with Gasteiger partial charge in [-0.05, 0) is 43.9 Å². The minimum Gasteiger partial charge on any atom is -0.329 e. The first kappa shape index (κ1) is 15.9. The van der Waals surface area contributed by atoms with Crippen molar-refractivity contribution in [3.8, 4) is 5.69 Å². The van der Waals surface area contributed by atoms with Crippen LogP contribution in [-0.2, 0) is 23.8 Å². The Hall–Kier alpha value is -2.02. The highest BCUT2D eigenvalue weighted by atomic mass is 35.5. The molecule has 2 aromatic rings. The first-order valence-corrected chi connectivity index (χ1v) is 7.47. The van der Waals surface area contributed by atoms with Gasteiger partial charge in [-0.2, -0.15) is 18.3 Å². The Morgan fingerprint density at radius 3 is 2.65 bits per heavy atom. The second kappa shape index (κ2) is 5.88. The molecule has 0 spiro atoms. The zero-order valence-corrected chi connectivity index (χ0v) is 12.7. The Morgan fingerprint density at radius 2 is 2.00 bits per heavy atom. The number of anilines is 1. The first-order valence-electron chi connectivity index (χ1n) is 7.10. The van der Waals surface area contributed by atoms with Gasteiger partial charge in [0.1, 0.15) is 0 Å². The molecule has 1 amide bonds. The normalized spacial score (nSPS) is 14.4. The molecule has 0 unspecified atom stereocenters. The fraction of sp³-hybridized carbons (Fsp3) is 0.333. The average Bonchev–Trinajstić information content (AvgIpc) is 2.87. The summed E-state index contributed by atoms with van der Waals surface area (Å²) in [5, 5.41) is 6.45. The van der Waals surface area contributed by atoms with Gasteiger partial charge in [-0.3, -0.25) is 4.79 Å². The van der Waals surface area contributed by atoms with Crippen LogP contribution < -0.4 is 5.32 Å². The number of rotatable bonds is 3. The number of halogens is 4. The lowest BCUT2D eigenvalue weighted by Gasteiger charge is -2.15. The number of benzene rings is 1. The summed E-state index contributed by atoms with van der Waals surface area (Å²) in [6, 6.07) is 4.60. The van der Waals surface area contributed by atoms with Gasteiger partial charge in [-0.15, -0.1) is 0 Å². The molecule has 4 nitrogen and oxygen atoms in total. The van der Waals surface area contributed by atoms with Crippen LogP contribution in [-0.4, -0.2) is 16.2 Å². The van der Waals surface area contributed by atoms with Gasteiger partial charge in [0.15, 0.2) is 5.69 Å². The molecule has 0 radical (unpaired) electrons. The number of amides is 1. The summed E-state index contributed by atoms with van der Waals surface area (Å²) in [7, 11) is 0. The zero-order chi connectivity index (χ0) is 16.6. The third-order valence-electron chi connectivity index (χ3n) is 3.85. The van der Waals surface area contributed by atoms with Gasteiger partial charge in [0.05, 0.1) is 10.7 Å². The molecular weight excluding hydrogens is 331 g/mol. The summed E-state index contributed by atoms with van der Waals surface area (Å²) in [6.07, 6.45) is -1.55. The van der Waals surface area contributed by atoms with E-state index in [9.17, 15) is 18.0 Å². The van der Waals surface area contributed by atoms with Crippen molar-refractivity contribution < 1.29 is 18.0 Å². The number of alkyl halides is 3. The summed E-state index contributed by atoms with van der Waals surface area (Å²) in [4.78, 5) is 10.4. The molecule has 1 aromatic carbocycles. The molecule has 0 saturated heterocycles. The van der Waals surface area contributed by atoms with Crippen LogP contribution in [0.15, 0.2) is 18.2 Å². The Bertz CT molecular complexity index is 755. The Balaban J connectivity index is 2.13. The standard InChI is InChI=1S/C15H13ClF3N3O/c16-11-7-9(20-8-23)5-6-13(11)22-12-4-2-1-3-10(12)14(21-22)15(17,18)19/h5-8H,1-4H2,(H,20,23). The minimum atomic E-state index is -4.49. The molecule has 1 aliphatic rings. The lowest BCUT2D eigenvalue weighted by molar-refractivity contribution is -0.142. The summed E-state index contributed by atoms with van der Waals surface area (Å²) < 4.78 is 40.9. The van der Waals surface area contributed by atoms with E-state index in [1.165, 1.54) is 10.7 Å². The maximum absolute atomic E-state index is 13.2. The van der Waals surface area contributed by atoms with E-state index in [4.69, 9.17) is 11.6 Å². The van der Waals surface area contributed by atoms with E-state index < -0.39 is 11.9 Å². The molecule has 0 bridgehead atoms. The van der Waals surface area contributed by atoms with Gasteiger partial charge in [0.2, 0.25) is 6.41 Å². The highest BCUT2D eigenvalue weighted by Gasteiger charge is 2.39. The van der Waals surface area contributed by atoms with Crippen molar-refractivity contribution >= 4 is 23.7 Å². The van der Waals surface area contributed by atoms with Gasteiger partial charge >= 0.3 is 6.18 Å². The molecule has 23 heavy (non-hydrogen) atoms. The van der Waals surface area contributed by atoms with Crippen molar-refractivity contribution in [3.05, 3.63) is 40.2 Å². The van der Waals surface area contributed by atoms with Crippen LogP contribution in [0.2, 0.25) is 5.02 Å². The molecule has 1 aromatic heterocycles. The van der Waals surface area contributed by atoms with Crippen molar-refractivity contribution in [1.82, 2.24) is 9.78 Å². The first-order chi connectivity index (χ1) is 10.9. The van der Waals surface area contributed by atoms with E-state index >= 15 is 0 Å². The molecule has 122 valence electrons. The summed E-state index contributed by atoms with van der Waals surface area (Å²) in [5.74, 6) is 0. The second-order valence-electron chi connectivity index (χ2n) is 5.32. The number of hydrogen-bond donors (Lipinski definition) is 1. The number of hydrogen-bond acceptors (Lipinski definition) is 2. The summed E-state index contributed by atoms with van der Waals surface area (Å²) >= 11 is 6.17. The molecule has 1 N–H and O–H groups in total. The SMILES string of the molecule is O=CNc1ccc(-n2nc(C(F)(F)F)c3c2CCCC3)c(Cl)c1. The van der Waals surface area contributed by atoms with E-state index in [1.54, 1.807) is 12.1 Å². The fourth-order valence-electron chi connectivity index (χ4n) is 2.86. The third kappa shape index (κ3) is 2.93. The van der Waals surface area contributed by atoms with Crippen LogP contribution in [0.4, 0.5) is 18.9 Å². The summed E-state index contributed by atoms with van der Waals surface area (Å²) in [6.45, 7) is 0. The topological polar surface area (TPSA) is 46.9 Å². The van der Waals surface area contributed by atoms with E-state index in [0.717, 1.165) is 12.8 Å². The fourth-order valence-corrected chi connectivity index (χ4v) is 3.12. The molecular formula is C15H13ClF3N3O. The van der Waals surface area contributed by atoms with Gasteiger partial charge in [0.25, 0.3) is 0 Å². The smallest absolute Gasteiger partial charge is 0.329 e. The minimum absolute atomic E-state index is 0.224. The van der Waals surface area contributed by atoms with Crippen molar-refractivity contribution in [3.63, 3.8) is 0 Å². The van der Waals surface area contributed by atoms with Crippen LogP contribution in [0.3, 0.4) is 0 Å². The van der Waals surface area contributed by atoms with E-state index in [2.05, 4.69) is 10.4 Å². The largest absolute Gasteiger partial charge is 0.435 e. The molecule has 3 rings (SSSR count). The molecule has 1 aliphatic carbocycles. The van der Waals surface area contributed by atoms with E-state index in [-0.39, 0.29) is 10.6 Å². The Kier molecular flexibility index (Phi) is 4.06. The predicted molar refractivity (Wildman–Crippen MR) is 79.9 cm³/mol. The number of fused-ring (bicyclic) bond motifs is 1. The molecule has 0 fully saturated rings. The molecule has 0 atom stereocenters. The predicted octanol–water partition coefficient (Wildman–Crippen LogP) is 3.99. The molecule has 8 heteroatoms. The number of carbonyl (C=O) groups excluding carboxylic acids is 1. The number of carbonyl (C=O) groups is 1. The number of aromatic nitrogens is 2. The van der Waals surface area contributed by atoms with Crippen LogP contribution in [0.5, 0.6) is 0 Å². The molecule has 1 heterocycles. The monoisotopic (exact) mass is 343 g/mol. The average molecular weight is 344 g/mol. The third-order valence-corrected chi connectivity index (χ3v) is 4.15. The Labute approximate surface area is 135 Å². The van der Waals surface area contributed by atoms with Gasteiger partial charge in [0, 0.05) is 16.9 Å². The number of nitrogens with one attached hydrogen (secondary N) is 1. The Morgan fingerprint density at radius 1 is 1.26 bits per heavy atom. The van der Waals surface area contributed by atoms with E-state index in [0.29, 0.717) is 36.3 Å². The summed E-state index contributed by atoms with van der Waals surface area (Å²) in [5.41, 5.74) is 0.817. The quantitative estimate of drug-likeness (QED) is 0.856. The highest BCUT2D eigenvalue weighted by molar-refractivity contribution is 6.32. The lowest BCUT2D eigenvalue weighted by atomic mass is 9.95. The number of nitrogens with zero attached hydrogens (tertiary/aromatic N) is 2. The van der Waals surface area contributed by atoms with Gasteiger partial charge < -0.3 is 5.32 Å². The van der Waals surface area contributed by atoms with Gasteiger partial charge in [-0.25, -0.2) is 4.68 Å². The second-order valence-corrected chi connectivity index (χ2v) is 5.73. The van der Waals surface area contributed by atoms with Crippen molar-refractivity contribution in [1.29, 1.82) is 0 Å². The van der Waals surface area contributed by atoms with Crippen LogP contribution in [0.1, 0.15) is 29.8 Å². The maximum Gasteiger partial charge on any atom is 0.435 e. The van der Waals surface area contributed by atoms with Crippen LogP contribution >= 0.6 is 11.6 Å². The molecule has 0 saturated carbocycles. The van der Waals surface area contributed by atoms with Crippen molar-refractivity contribution in [2.24, 2.45) is 0 Å². The van der Waals surface area contributed by atoms with Crippen molar-refractivity contribution in [2.45, 2.75) is 31.9 Å². The maximum atomic E-state index is 13.2. The lowest BCUT2D eigenvalue weighted by Crippen LogP contribution is -2.11. The van der Waals surface area contributed by atoms with Crippen molar-refractivity contribution in [2.75, 3.05) is 5.32 Å². The van der Waals surface area contributed by atoms with Crippen LogP contribution in [0, 0.1) is 0 Å². The molecule has 0 aliphatic heterocycles. The zero-order valence-electron chi connectivity index (χ0n) is 12.0. The van der Waals surface area contributed by atoms with E-state index in [1.807, 2.05) is 0 Å². The van der Waals surface area contributed by atoms with Gasteiger partial charge in [-0.1, -0.05) is 11.6 Å².